The minimum atomic E-state index is 0.392. The smallest absolute Gasteiger partial charge is 0.143 e. The summed E-state index contributed by atoms with van der Waals surface area (Å²) in [5, 5.41) is 12.8. The molecule has 3 rings (SSSR count). The van der Waals surface area contributed by atoms with Gasteiger partial charge in [-0.05, 0) is 36.6 Å². The number of aryl methyl sites for hydroxylation is 1. The van der Waals surface area contributed by atoms with E-state index in [-0.39, 0.29) is 0 Å². The molecule has 4 heteroatoms. The zero-order chi connectivity index (χ0) is 14.7. The second-order valence-corrected chi connectivity index (χ2v) is 5.43. The Morgan fingerprint density at radius 2 is 2.19 bits per heavy atom. The molecule has 0 radical (unpaired) electrons. The Bertz CT molecular complexity index is 706. The van der Waals surface area contributed by atoms with Gasteiger partial charge in [-0.15, -0.1) is 0 Å². The van der Waals surface area contributed by atoms with Gasteiger partial charge in [0.25, 0.3) is 0 Å². The second kappa shape index (κ2) is 6.07. The van der Waals surface area contributed by atoms with Crippen LogP contribution in [0.15, 0.2) is 36.4 Å². The summed E-state index contributed by atoms with van der Waals surface area (Å²) < 4.78 is 5.91. The molecule has 1 heterocycles. The lowest BCUT2D eigenvalue weighted by atomic mass is 10.0. The van der Waals surface area contributed by atoms with E-state index >= 15 is 0 Å². The molecule has 0 saturated heterocycles. The summed E-state index contributed by atoms with van der Waals surface area (Å²) in [5.41, 5.74) is 3.82. The minimum Gasteiger partial charge on any atom is -0.487 e. The first-order valence-electron chi connectivity index (χ1n) is 6.95. The van der Waals surface area contributed by atoms with Crippen molar-refractivity contribution < 1.29 is 4.74 Å². The van der Waals surface area contributed by atoms with E-state index in [1.54, 1.807) is 12.1 Å². The molecule has 1 aliphatic heterocycles. The van der Waals surface area contributed by atoms with E-state index < -0.39 is 0 Å². The van der Waals surface area contributed by atoms with Crippen LogP contribution in [0.25, 0.3) is 0 Å². The number of ether oxygens (including phenoxy) is 1. The van der Waals surface area contributed by atoms with Crippen LogP contribution < -0.4 is 10.1 Å². The fourth-order valence-electron chi connectivity index (χ4n) is 2.49. The minimum absolute atomic E-state index is 0.392. The molecule has 3 nitrogen and oxygen atoms in total. The van der Waals surface area contributed by atoms with E-state index in [1.807, 2.05) is 18.2 Å². The maximum absolute atomic E-state index is 8.85. The quantitative estimate of drug-likeness (QED) is 0.926. The van der Waals surface area contributed by atoms with E-state index in [0.717, 1.165) is 36.4 Å². The van der Waals surface area contributed by atoms with Crippen LogP contribution in [0.2, 0.25) is 5.02 Å². The van der Waals surface area contributed by atoms with Gasteiger partial charge in [0.2, 0.25) is 0 Å². The normalized spacial score (nSPS) is 13.0. The third-order valence-corrected chi connectivity index (χ3v) is 3.95. The first-order chi connectivity index (χ1) is 10.3. The van der Waals surface area contributed by atoms with Crippen molar-refractivity contribution in [2.75, 3.05) is 11.9 Å². The van der Waals surface area contributed by atoms with Gasteiger partial charge in [0.1, 0.15) is 12.4 Å². The Morgan fingerprint density at radius 3 is 3.00 bits per heavy atom. The molecule has 0 bridgehead atoms. The molecule has 1 aliphatic rings. The Labute approximate surface area is 129 Å². The third-order valence-electron chi connectivity index (χ3n) is 3.60. The highest BCUT2D eigenvalue weighted by atomic mass is 35.5. The highest BCUT2D eigenvalue weighted by molar-refractivity contribution is 6.31. The van der Waals surface area contributed by atoms with Crippen molar-refractivity contribution in [3.8, 4) is 11.8 Å². The number of halogens is 1. The van der Waals surface area contributed by atoms with Crippen LogP contribution >= 0.6 is 11.6 Å². The summed E-state index contributed by atoms with van der Waals surface area (Å²) in [6, 6.07) is 13.4. The van der Waals surface area contributed by atoms with Crippen LogP contribution in [-0.2, 0) is 13.0 Å². The van der Waals surface area contributed by atoms with Crippen molar-refractivity contribution in [1.82, 2.24) is 0 Å². The Balaban J connectivity index is 1.78. The summed E-state index contributed by atoms with van der Waals surface area (Å²) in [6.07, 6.45) is 2.23. The average molecular weight is 299 g/mol. The molecule has 0 fully saturated rings. The number of nitriles is 1. The first-order valence-corrected chi connectivity index (χ1v) is 7.33. The standard InChI is InChI=1S/C17H15ClN2O/c18-15-9-12(10-19)6-7-14(15)11-21-16-5-1-3-13-4-2-8-20-17(13)16/h1,3,5-7,9,20H,2,4,8,11H2. The molecule has 1 N–H and O–H groups in total. The maximum Gasteiger partial charge on any atom is 0.143 e. The Morgan fingerprint density at radius 1 is 1.29 bits per heavy atom. The SMILES string of the molecule is N#Cc1ccc(COc2cccc3c2NCCC3)c(Cl)c1. The van der Waals surface area contributed by atoms with E-state index in [0.29, 0.717) is 17.2 Å². The van der Waals surface area contributed by atoms with Gasteiger partial charge in [0.15, 0.2) is 0 Å². The first kappa shape index (κ1) is 13.8. The lowest BCUT2D eigenvalue weighted by Crippen LogP contribution is -2.13. The Hall–Kier alpha value is -2.18. The van der Waals surface area contributed by atoms with Crippen LogP contribution in [-0.4, -0.2) is 6.54 Å². The van der Waals surface area contributed by atoms with Crippen molar-refractivity contribution >= 4 is 17.3 Å². The number of hydrogen-bond donors (Lipinski definition) is 1. The van der Waals surface area contributed by atoms with Gasteiger partial charge in [-0.1, -0.05) is 29.8 Å². The van der Waals surface area contributed by atoms with E-state index in [1.165, 1.54) is 5.56 Å². The lowest BCUT2D eigenvalue weighted by molar-refractivity contribution is 0.307. The molecule has 0 aromatic heterocycles. The van der Waals surface area contributed by atoms with Gasteiger partial charge < -0.3 is 10.1 Å². The molecule has 2 aromatic carbocycles. The zero-order valence-corrected chi connectivity index (χ0v) is 12.3. The molecule has 21 heavy (non-hydrogen) atoms. The summed E-state index contributed by atoms with van der Waals surface area (Å²) in [7, 11) is 0. The average Bonchev–Trinajstić information content (AvgIpc) is 2.53. The summed E-state index contributed by atoms with van der Waals surface area (Å²) in [6.45, 7) is 1.37. The van der Waals surface area contributed by atoms with E-state index in [4.69, 9.17) is 21.6 Å². The van der Waals surface area contributed by atoms with Crippen molar-refractivity contribution in [3.63, 3.8) is 0 Å². The summed E-state index contributed by atoms with van der Waals surface area (Å²) in [4.78, 5) is 0. The molecule has 2 aromatic rings. The van der Waals surface area contributed by atoms with Crippen LogP contribution in [0, 0.1) is 11.3 Å². The molecular formula is C17H15ClN2O. The number of nitrogens with zero attached hydrogens (tertiary/aromatic N) is 1. The lowest BCUT2D eigenvalue weighted by Gasteiger charge is -2.21. The maximum atomic E-state index is 8.85. The van der Waals surface area contributed by atoms with Gasteiger partial charge >= 0.3 is 0 Å². The molecule has 0 amide bonds. The van der Waals surface area contributed by atoms with Crippen molar-refractivity contribution in [3.05, 3.63) is 58.1 Å². The molecule has 0 saturated carbocycles. The van der Waals surface area contributed by atoms with Crippen molar-refractivity contribution in [2.45, 2.75) is 19.4 Å². The van der Waals surface area contributed by atoms with Gasteiger partial charge in [-0.2, -0.15) is 5.26 Å². The number of hydrogen-bond acceptors (Lipinski definition) is 3. The van der Waals surface area contributed by atoms with Crippen LogP contribution in [0.3, 0.4) is 0 Å². The number of fused-ring (bicyclic) bond motifs is 1. The monoisotopic (exact) mass is 298 g/mol. The number of para-hydroxylation sites is 1. The fraction of sp³-hybridized carbons (Fsp3) is 0.235. The third kappa shape index (κ3) is 2.96. The highest BCUT2D eigenvalue weighted by Gasteiger charge is 2.13. The highest BCUT2D eigenvalue weighted by Crippen LogP contribution is 2.33. The molecule has 0 atom stereocenters. The Kier molecular flexibility index (Phi) is 3.98. The van der Waals surface area contributed by atoms with Crippen molar-refractivity contribution in [2.24, 2.45) is 0 Å². The molecule has 0 spiro atoms. The van der Waals surface area contributed by atoms with Gasteiger partial charge in [0, 0.05) is 17.1 Å². The van der Waals surface area contributed by atoms with Crippen LogP contribution in [0.4, 0.5) is 5.69 Å². The van der Waals surface area contributed by atoms with Gasteiger partial charge in [-0.3, -0.25) is 0 Å². The number of benzene rings is 2. The zero-order valence-electron chi connectivity index (χ0n) is 11.5. The van der Waals surface area contributed by atoms with Crippen LogP contribution in [0.5, 0.6) is 5.75 Å². The molecule has 0 aliphatic carbocycles. The number of anilines is 1. The van der Waals surface area contributed by atoms with Gasteiger partial charge in [-0.25, -0.2) is 0 Å². The fourth-order valence-corrected chi connectivity index (χ4v) is 2.72. The van der Waals surface area contributed by atoms with E-state index in [2.05, 4.69) is 17.5 Å². The molecular weight excluding hydrogens is 284 g/mol. The number of nitrogens with one attached hydrogen (secondary N) is 1. The largest absolute Gasteiger partial charge is 0.487 e. The van der Waals surface area contributed by atoms with E-state index in [9.17, 15) is 0 Å². The topological polar surface area (TPSA) is 45.0 Å². The second-order valence-electron chi connectivity index (χ2n) is 5.03. The predicted octanol–water partition coefficient (Wildman–Crippen LogP) is 4.15. The summed E-state index contributed by atoms with van der Waals surface area (Å²) in [5.74, 6) is 0.854. The number of rotatable bonds is 3. The van der Waals surface area contributed by atoms with Crippen LogP contribution in [0.1, 0.15) is 23.1 Å². The van der Waals surface area contributed by atoms with Crippen molar-refractivity contribution in [1.29, 1.82) is 5.26 Å². The van der Waals surface area contributed by atoms with Gasteiger partial charge in [0.05, 0.1) is 17.3 Å². The molecule has 0 unspecified atom stereocenters. The molecule has 106 valence electrons. The predicted molar refractivity (Wildman–Crippen MR) is 83.8 cm³/mol. The summed E-state index contributed by atoms with van der Waals surface area (Å²) >= 11 is 6.17.